The summed E-state index contributed by atoms with van der Waals surface area (Å²) >= 11 is 0. The molecule has 7 heteroatoms. The fourth-order valence-corrected chi connectivity index (χ4v) is 0.457. The van der Waals surface area contributed by atoms with Gasteiger partial charge in [0.15, 0.2) is 0 Å². The van der Waals surface area contributed by atoms with E-state index in [4.69, 9.17) is 5.11 Å². The van der Waals surface area contributed by atoms with Crippen molar-refractivity contribution in [1.82, 2.24) is 0 Å². The molecule has 58 valence electrons. The summed E-state index contributed by atoms with van der Waals surface area (Å²) < 4.78 is 0. The van der Waals surface area contributed by atoms with Crippen molar-refractivity contribution in [3.05, 3.63) is 0 Å². The van der Waals surface area contributed by atoms with Crippen LogP contribution in [-0.2, 0) is 9.59 Å². The summed E-state index contributed by atoms with van der Waals surface area (Å²) in [5.41, 5.74) is 0. The van der Waals surface area contributed by atoms with Crippen molar-refractivity contribution in [2.45, 2.75) is 18.9 Å². The summed E-state index contributed by atoms with van der Waals surface area (Å²) in [6.45, 7) is 0. The molecule has 0 rings (SSSR count). The number of rotatable bonds is 4. The Morgan fingerprint density at radius 3 is 1.50 bits per heavy atom. The molecule has 0 radical (unpaired) electrons. The molecule has 0 aliphatic rings. The number of carboxylic acids is 2. The van der Waals surface area contributed by atoms with E-state index >= 15 is 0 Å². The van der Waals surface area contributed by atoms with Crippen LogP contribution in [0.3, 0.4) is 0 Å². The van der Waals surface area contributed by atoms with Crippen LogP contribution in [-0.4, -0.2) is 23.1 Å². The Hall–Kier alpha value is 0.900. The fourth-order valence-electron chi connectivity index (χ4n) is 0.457. The van der Waals surface area contributed by atoms with E-state index in [-0.39, 0.29) is 59.1 Å². The minimum Gasteiger partial charge on any atom is -0.550 e. The van der Waals surface area contributed by atoms with Gasteiger partial charge in [-0.05, 0) is 0 Å². The van der Waals surface area contributed by atoms with Crippen LogP contribution in [0.15, 0.2) is 0 Å². The molecule has 0 saturated carbocycles. The molecular formula is C5H6Na2O5. The van der Waals surface area contributed by atoms with Gasteiger partial charge in [-0.1, -0.05) is 0 Å². The molecule has 0 saturated heterocycles. The van der Waals surface area contributed by atoms with Crippen LogP contribution in [0.25, 0.3) is 0 Å². The molecule has 0 spiro atoms. The number of carbonyl (C=O) groups excluding carboxylic acids is 2. The van der Waals surface area contributed by atoms with Crippen LogP contribution in [0.2, 0.25) is 0 Å². The van der Waals surface area contributed by atoms with Crippen molar-refractivity contribution in [3.63, 3.8) is 0 Å². The first kappa shape index (κ1) is 18.6. The van der Waals surface area contributed by atoms with Gasteiger partial charge in [0, 0.05) is 24.8 Å². The second-order valence-electron chi connectivity index (χ2n) is 1.81. The first-order valence-corrected chi connectivity index (χ1v) is 2.60. The Bertz CT molecular complexity index is 133. The monoisotopic (exact) mass is 192 g/mol. The SMILES string of the molecule is O=C([O-])CC(O)CC(=O)[O-].[Na+].[Na+]. The van der Waals surface area contributed by atoms with Crippen molar-refractivity contribution in [2.24, 2.45) is 0 Å². The molecule has 0 aliphatic heterocycles. The molecule has 0 heterocycles. The maximum Gasteiger partial charge on any atom is 1.00 e. The summed E-state index contributed by atoms with van der Waals surface area (Å²) in [6, 6.07) is 0. The molecule has 0 aromatic carbocycles. The maximum atomic E-state index is 9.71. The molecule has 0 unspecified atom stereocenters. The van der Waals surface area contributed by atoms with Gasteiger partial charge >= 0.3 is 59.1 Å². The van der Waals surface area contributed by atoms with E-state index in [2.05, 4.69) is 0 Å². The average molecular weight is 192 g/mol. The van der Waals surface area contributed by atoms with E-state index in [0.717, 1.165) is 0 Å². The quantitative estimate of drug-likeness (QED) is 0.446. The van der Waals surface area contributed by atoms with E-state index < -0.39 is 30.9 Å². The molecule has 0 amide bonds. The second-order valence-corrected chi connectivity index (χ2v) is 1.81. The number of carboxylic acid groups (broad SMARTS) is 2. The molecule has 12 heavy (non-hydrogen) atoms. The van der Waals surface area contributed by atoms with E-state index in [1.807, 2.05) is 0 Å². The Morgan fingerprint density at radius 1 is 1.08 bits per heavy atom. The van der Waals surface area contributed by atoms with Crippen LogP contribution >= 0.6 is 0 Å². The zero-order valence-corrected chi connectivity index (χ0v) is 11.1. The number of hydrogen-bond donors (Lipinski definition) is 1. The van der Waals surface area contributed by atoms with Gasteiger partial charge < -0.3 is 24.9 Å². The predicted octanol–water partition coefficient (Wildman–Crippen LogP) is -9.36. The third-order valence-corrected chi connectivity index (χ3v) is 0.805. The first-order valence-electron chi connectivity index (χ1n) is 2.60. The van der Waals surface area contributed by atoms with Crippen LogP contribution in [0.4, 0.5) is 0 Å². The summed E-state index contributed by atoms with van der Waals surface area (Å²) in [6.07, 6.45) is -2.75. The van der Waals surface area contributed by atoms with Gasteiger partial charge in [-0.3, -0.25) is 0 Å². The van der Waals surface area contributed by atoms with Crippen molar-refractivity contribution in [1.29, 1.82) is 0 Å². The normalized spacial score (nSPS) is 8.17. The van der Waals surface area contributed by atoms with E-state index in [1.165, 1.54) is 0 Å². The topological polar surface area (TPSA) is 100 Å². The maximum absolute atomic E-state index is 9.71. The molecule has 0 atom stereocenters. The average Bonchev–Trinajstić information content (AvgIpc) is 1.58. The molecule has 0 bridgehead atoms. The Labute approximate surface area is 114 Å². The Balaban J connectivity index is -0.000000405. The Kier molecular flexibility index (Phi) is 15.5. The van der Waals surface area contributed by atoms with Gasteiger partial charge in [0.05, 0.1) is 6.10 Å². The standard InChI is InChI=1S/C5H8O5.2Na/c6-3(1-4(7)8)2-5(9)10;;/h3,6H,1-2H2,(H,7,8)(H,9,10);;/q;2*+1/p-2. The molecule has 0 aromatic rings. The minimum absolute atomic E-state index is 0. The number of aliphatic hydroxyl groups excluding tert-OH is 1. The number of carbonyl (C=O) groups is 2. The van der Waals surface area contributed by atoms with Crippen LogP contribution in [0.1, 0.15) is 12.8 Å². The zero-order chi connectivity index (χ0) is 8.15. The van der Waals surface area contributed by atoms with Gasteiger partial charge in [0.1, 0.15) is 0 Å². The molecule has 1 N–H and O–H groups in total. The van der Waals surface area contributed by atoms with Gasteiger partial charge in [-0.15, -0.1) is 0 Å². The van der Waals surface area contributed by atoms with Gasteiger partial charge in [0.25, 0.3) is 0 Å². The smallest absolute Gasteiger partial charge is 0.550 e. The summed E-state index contributed by atoms with van der Waals surface area (Å²) in [7, 11) is 0. The van der Waals surface area contributed by atoms with Gasteiger partial charge in [0.2, 0.25) is 0 Å². The molecule has 5 nitrogen and oxygen atoms in total. The number of aliphatic hydroxyl groups is 1. The fraction of sp³-hybridized carbons (Fsp3) is 0.600. The Morgan fingerprint density at radius 2 is 1.33 bits per heavy atom. The van der Waals surface area contributed by atoms with Crippen molar-refractivity contribution in [2.75, 3.05) is 0 Å². The van der Waals surface area contributed by atoms with Crippen LogP contribution < -0.4 is 69.3 Å². The third kappa shape index (κ3) is 13.5. The van der Waals surface area contributed by atoms with Crippen molar-refractivity contribution < 1.29 is 84.0 Å². The van der Waals surface area contributed by atoms with E-state index in [1.54, 1.807) is 0 Å². The van der Waals surface area contributed by atoms with Crippen molar-refractivity contribution in [3.8, 4) is 0 Å². The molecule has 0 fully saturated rings. The molecule has 0 aliphatic carbocycles. The van der Waals surface area contributed by atoms with Gasteiger partial charge in [-0.25, -0.2) is 0 Å². The predicted molar refractivity (Wildman–Crippen MR) is 25.3 cm³/mol. The molecular weight excluding hydrogens is 186 g/mol. The van der Waals surface area contributed by atoms with Crippen LogP contribution in [0.5, 0.6) is 0 Å². The second kappa shape index (κ2) is 9.98. The molecule has 0 aromatic heterocycles. The minimum atomic E-state index is -1.48. The first-order chi connectivity index (χ1) is 4.52. The number of hydrogen-bond acceptors (Lipinski definition) is 5. The van der Waals surface area contributed by atoms with Gasteiger partial charge in [-0.2, -0.15) is 0 Å². The van der Waals surface area contributed by atoms with E-state index in [0.29, 0.717) is 0 Å². The zero-order valence-electron chi connectivity index (χ0n) is 7.07. The summed E-state index contributed by atoms with van der Waals surface area (Å²) in [5, 5.41) is 28.0. The summed E-state index contributed by atoms with van der Waals surface area (Å²) in [4.78, 5) is 19.4. The van der Waals surface area contributed by atoms with Crippen molar-refractivity contribution >= 4 is 11.9 Å². The summed E-state index contributed by atoms with van der Waals surface area (Å²) in [5.74, 6) is -2.96. The largest absolute Gasteiger partial charge is 1.00 e. The third-order valence-electron chi connectivity index (χ3n) is 0.805. The van der Waals surface area contributed by atoms with E-state index in [9.17, 15) is 19.8 Å². The van der Waals surface area contributed by atoms with Crippen LogP contribution in [0, 0.1) is 0 Å². The number of aliphatic carboxylic acids is 2.